The first-order valence-electron chi connectivity index (χ1n) is 8.37. The van der Waals surface area contributed by atoms with Crippen LogP contribution in [0.15, 0.2) is 36.7 Å². The summed E-state index contributed by atoms with van der Waals surface area (Å²) in [4.78, 5) is 14.1. The lowest BCUT2D eigenvalue weighted by Gasteiger charge is -2.19. The second-order valence-corrected chi connectivity index (χ2v) is 7.50. The Morgan fingerprint density at radius 2 is 2.04 bits per heavy atom. The van der Waals surface area contributed by atoms with Crippen LogP contribution in [0.3, 0.4) is 0 Å². The number of pyridine rings is 1. The number of carbonyl (C=O) groups excluding carboxylic acids is 1. The van der Waals surface area contributed by atoms with Gasteiger partial charge in [-0.2, -0.15) is 0 Å². The minimum absolute atomic E-state index is 0.0664. The molecule has 3 heterocycles. The van der Waals surface area contributed by atoms with Gasteiger partial charge in [0.2, 0.25) is 5.91 Å². The highest BCUT2D eigenvalue weighted by atomic mass is 35.5. The van der Waals surface area contributed by atoms with Crippen molar-refractivity contribution in [2.75, 3.05) is 17.3 Å². The lowest BCUT2D eigenvalue weighted by molar-refractivity contribution is -0.116. The molecule has 1 aromatic carbocycles. The monoisotopic (exact) mass is 372 g/mol. The molecule has 5 nitrogen and oxygen atoms in total. The Morgan fingerprint density at radius 3 is 2.73 bits per heavy atom. The Hall–Kier alpha value is -2.47. The van der Waals surface area contributed by atoms with Crippen molar-refractivity contribution in [3.63, 3.8) is 0 Å². The van der Waals surface area contributed by atoms with Crippen molar-refractivity contribution >= 4 is 28.8 Å². The summed E-state index contributed by atoms with van der Waals surface area (Å²) in [5.41, 5.74) is 4.23. The normalized spacial score (nSPS) is 15.5. The average Bonchev–Trinajstić information content (AvgIpc) is 3.19. The van der Waals surface area contributed by atoms with E-state index in [2.05, 4.69) is 24.0 Å². The van der Waals surface area contributed by atoms with E-state index >= 15 is 0 Å². The Bertz CT molecular complexity index is 997. The summed E-state index contributed by atoms with van der Waals surface area (Å²) < 4.78 is 15.1. The number of hydrogen-bond acceptors (Lipinski definition) is 3. The van der Waals surface area contributed by atoms with Crippen LogP contribution in [0.1, 0.15) is 30.7 Å². The van der Waals surface area contributed by atoms with Crippen LogP contribution in [-0.4, -0.2) is 32.9 Å². The number of fused-ring (bicyclic) bond motifs is 3. The van der Waals surface area contributed by atoms with E-state index in [9.17, 15) is 9.18 Å². The maximum Gasteiger partial charge on any atom is 0.241 e. The highest BCUT2D eigenvalue weighted by Crippen LogP contribution is 2.42. The second-order valence-electron chi connectivity index (χ2n) is 7.23. The molecule has 0 aliphatic carbocycles. The van der Waals surface area contributed by atoms with Crippen molar-refractivity contribution < 1.29 is 9.18 Å². The highest BCUT2D eigenvalue weighted by molar-refractivity contribution is 6.29. The predicted octanol–water partition coefficient (Wildman–Crippen LogP) is 3.32. The molecule has 0 unspecified atom stereocenters. The Kier molecular flexibility index (Phi) is 3.95. The quantitative estimate of drug-likeness (QED) is 0.663. The van der Waals surface area contributed by atoms with E-state index < -0.39 is 0 Å². The molecule has 0 radical (unpaired) electrons. The Labute approximate surface area is 155 Å². The molecule has 0 spiro atoms. The van der Waals surface area contributed by atoms with Crippen LogP contribution in [0.2, 0.25) is 0 Å². The fourth-order valence-electron chi connectivity index (χ4n) is 3.72. The minimum Gasteiger partial charge on any atom is -0.309 e. The number of amides is 1. The summed E-state index contributed by atoms with van der Waals surface area (Å²) >= 11 is 5.81. The van der Waals surface area contributed by atoms with Crippen LogP contribution in [0, 0.1) is 5.82 Å². The largest absolute Gasteiger partial charge is 0.309 e. The molecule has 134 valence electrons. The fourth-order valence-corrected chi connectivity index (χ4v) is 3.86. The van der Waals surface area contributed by atoms with Crippen LogP contribution in [0.25, 0.3) is 5.65 Å². The molecule has 4 rings (SSSR count). The number of anilines is 1. The maximum atomic E-state index is 13.2. The van der Waals surface area contributed by atoms with E-state index in [1.165, 1.54) is 12.1 Å². The lowest BCUT2D eigenvalue weighted by atomic mass is 9.90. The first kappa shape index (κ1) is 17.0. The third kappa shape index (κ3) is 2.65. The molecule has 0 fully saturated rings. The first-order chi connectivity index (χ1) is 12.4. The van der Waals surface area contributed by atoms with E-state index in [1.807, 2.05) is 10.5 Å². The molecule has 26 heavy (non-hydrogen) atoms. The van der Waals surface area contributed by atoms with Gasteiger partial charge in [0.05, 0.1) is 11.4 Å². The standard InChI is InChI=1S/C19H18ClFN4O/c1-19(2)10-24(16(26)9-20)15-8-13(7-12-3-5-14(21)6-4-12)18-23-22-11-25(18)17(15)19/h3-6,8,11H,7,9-10H2,1-2H3. The van der Waals surface area contributed by atoms with Gasteiger partial charge in [0.1, 0.15) is 18.0 Å². The van der Waals surface area contributed by atoms with Gasteiger partial charge in [-0.25, -0.2) is 4.39 Å². The Balaban J connectivity index is 1.88. The first-order valence-corrected chi connectivity index (χ1v) is 8.91. The van der Waals surface area contributed by atoms with E-state index in [0.29, 0.717) is 13.0 Å². The van der Waals surface area contributed by atoms with Crippen molar-refractivity contribution in [3.05, 3.63) is 59.3 Å². The fraction of sp³-hybridized carbons (Fsp3) is 0.316. The van der Waals surface area contributed by atoms with Gasteiger partial charge in [0.15, 0.2) is 5.65 Å². The lowest BCUT2D eigenvalue weighted by Crippen LogP contribution is -2.34. The summed E-state index contributed by atoms with van der Waals surface area (Å²) in [5, 5.41) is 8.35. The van der Waals surface area contributed by atoms with Crippen LogP contribution in [0.5, 0.6) is 0 Å². The molecule has 0 N–H and O–H groups in total. The van der Waals surface area contributed by atoms with Crippen LogP contribution < -0.4 is 4.90 Å². The number of aromatic nitrogens is 3. The summed E-state index contributed by atoms with van der Waals surface area (Å²) in [6.45, 7) is 4.74. The molecular formula is C19H18ClFN4O. The van der Waals surface area contributed by atoms with Crippen LogP contribution in [-0.2, 0) is 16.6 Å². The van der Waals surface area contributed by atoms with Crippen molar-refractivity contribution in [3.8, 4) is 0 Å². The SMILES string of the molecule is CC1(C)CN(C(=O)CCl)c2cc(Cc3ccc(F)cc3)c3nncn3c21. The molecule has 2 aromatic heterocycles. The summed E-state index contributed by atoms with van der Waals surface area (Å²) in [7, 11) is 0. The van der Waals surface area contributed by atoms with Gasteiger partial charge >= 0.3 is 0 Å². The van der Waals surface area contributed by atoms with E-state index in [0.717, 1.165) is 28.2 Å². The molecule has 1 amide bonds. The molecule has 1 aliphatic heterocycles. The molecule has 0 saturated carbocycles. The number of hydrogen-bond donors (Lipinski definition) is 0. The van der Waals surface area contributed by atoms with Crippen molar-refractivity contribution in [1.29, 1.82) is 0 Å². The van der Waals surface area contributed by atoms with Crippen molar-refractivity contribution in [2.24, 2.45) is 0 Å². The molecule has 0 bridgehead atoms. The zero-order valence-electron chi connectivity index (χ0n) is 14.5. The average molecular weight is 373 g/mol. The summed E-state index contributed by atoms with van der Waals surface area (Å²) in [6.07, 6.45) is 2.25. The van der Waals surface area contributed by atoms with Gasteiger partial charge in [-0.15, -0.1) is 21.8 Å². The van der Waals surface area contributed by atoms with Gasteiger partial charge in [-0.1, -0.05) is 26.0 Å². The zero-order chi connectivity index (χ0) is 18.5. The van der Waals surface area contributed by atoms with E-state index in [-0.39, 0.29) is 23.0 Å². The van der Waals surface area contributed by atoms with Gasteiger partial charge in [0, 0.05) is 23.9 Å². The second kappa shape index (κ2) is 6.06. The van der Waals surface area contributed by atoms with Gasteiger partial charge in [-0.05, 0) is 23.8 Å². The van der Waals surface area contributed by atoms with Crippen molar-refractivity contribution in [1.82, 2.24) is 14.6 Å². The van der Waals surface area contributed by atoms with E-state index in [4.69, 9.17) is 11.6 Å². The molecule has 0 saturated heterocycles. The Morgan fingerprint density at radius 1 is 1.31 bits per heavy atom. The minimum atomic E-state index is -0.268. The van der Waals surface area contributed by atoms with Gasteiger partial charge < -0.3 is 4.90 Å². The van der Waals surface area contributed by atoms with Crippen molar-refractivity contribution in [2.45, 2.75) is 25.7 Å². The number of benzene rings is 1. The predicted molar refractivity (Wildman–Crippen MR) is 98.3 cm³/mol. The molecule has 0 atom stereocenters. The number of alkyl halides is 1. The number of halogens is 2. The number of rotatable bonds is 3. The summed E-state index contributed by atoms with van der Waals surface area (Å²) in [5.74, 6) is -0.460. The molecule has 1 aliphatic rings. The van der Waals surface area contributed by atoms with Crippen LogP contribution >= 0.6 is 11.6 Å². The maximum absolute atomic E-state index is 13.2. The third-order valence-electron chi connectivity index (χ3n) is 4.84. The molecule has 3 aromatic rings. The van der Waals surface area contributed by atoms with E-state index in [1.54, 1.807) is 23.4 Å². The zero-order valence-corrected chi connectivity index (χ0v) is 15.3. The topological polar surface area (TPSA) is 50.5 Å². The molecule has 7 heteroatoms. The number of nitrogens with zero attached hydrogens (tertiary/aromatic N) is 4. The van der Waals surface area contributed by atoms with Gasteiger partial charge in [-0.3, -0.25) is 9.20 Å². The third-order valence-corrected chi connectivity index (χ3v) is 5.07. The summed E-state index contributed by atoms with van der Waals surface area (Å²) in [6, 6.07) is 8.37. The van der Waals surface area contributed by atoms with Gasteiger partial charge in [0.25, 0.3) is 0 Å². The highest BCUT2D eigenvalue weighted by Gasteiger charge is 2.40. The number of carbonyl (C=O) groups is 1. The van der Waals surface area contributed by atoms with Crippen LogP contribution in [0.4, 0.5) is 10.1 Å². The molecular weight excluding hydrogens is 355 g/mol. The smallest absolute Gasteiger partial charge is 0.241 e.